The Hall–Kier alpha value is -0.610. The summed E-state index contributed by atoms with van der Waals surface area (Å²) in [5.41, 5.74) is 0. The number of hydrogen-bond donors (Lipinski definition) is 3. The molecule has 0 aromatic carbocycles. The zero-order valence-corrected chi connectivity index (χ0v) is 11.5. The predicted molar refractivity (Wildman–Crippen MR) is 70.9 cm³/mol. The molecule has 0 aliphatic heterocycles. The number of aliphatic hydroxyl groups excluding tert-OH is 1. The largest absolute Gasteiger partial charge is 0.396 e. The van der Waals surface area contributed by atoms with Crippen molar-refractivity contribution in [2.24, 2.45) is 0 Å². The number of carbonyl (C=O) groups excluding carboxylic acids is 1. The summed E-state index contributed by atoms with van der Waals surface area (Å²) in [6, 6.07) is 0.101. The summed E-state index contributed by atoms with van der Waals surface area (Å²) in [5.74, 6) is 0.0666. The molecule has 102 valence electrons. The number of hydrogen-bond acceptors (Lipinski definition) is 3. The smallest absolute Gasteiger partial charge is 0.236 e. The maximum Gasteiger partial charge on any atom is 0.236 e. The highest BCUT2D eigenvalue weighted by Crippen LogP contribution is 1.97. The topological polar surface area (TPSA) is 61.4 Å². The molecule has 3 N–H and O–H groups in total. The van der Waals surface area contributed by atoms with Crippen LogP contribution in [-0.2, 0) is 4.79 Å². The molecule has 4 nitrogen and oxygen atoms in total. The summed E-state index contributed by atoms with van der Waals surface area (Å²) in [6.45, 7) is 7.04. The third-order valence-electron chi connectivity index (χ3n) is 2.80. The van der Waals surface area contributed by atoms with E-state index in [4.69, 9.17) is 5.11 Å². The molecule has 0 aliphatic rings. The van der Waals surface area contributed by atoms with Crippen molar-refractivity contribution in [2.45, 2.75) is 65.0 Å². The van der Waals surface area contributed by atoms with Crippen molar-refractivity contribution in [2.75, 3.05) is 13.2 Å². The van der Waals surface area contributed by atoms with Crippen LogP contribution in [-0.4, -0.2) is 36.2 Å². The highest BCUT2D eigenvalue weighted by atomic mass is 16.2. The molecule has 0 rings (SSSR count). The maximum absolute atomic E-state index is 11.7. The minimum Gasteiger partial charge on any atom is -0.396 e. The third-order valence-corrected chi connectivity index (χ3v) is 2.80. The molecule has 2 unspecified atom stereocenters. The summed E-state index contributed by atoms with van der Waals surface area (Å²) < 4.78 is 0. The zero-order chi connectivity index (χ0) is 13.1. The van der Waals surface area contributed by atoms with Gasteiger partial charge in [0, 0.05) is 19.2 Å². The lowest BCUT2D eigenvalue weighted by molar-refractivity contribution is -0.122. The van der Waals surface area contributed by atoms with Crippen molar-refractivity contribution < 1.29 is 9.90 Å². The van der Waals surface area contributed by atoms with Crippen LogP contribution in [0.3, 0.4) is 0 Å². The Morgan fingerprint density at radius 2 is 1.94 bits per heavy atom. The molecular weight excluding hydrogens is 216 g/mol. The van der Waals surface area contributed by atoms with Gasteiger partial charge < -0.3 is 15.7 Å². The van der Waals surface area contributed by atoms with Crippen LogP contribution in [0, 0.1) is 0 Å². The van der Waals surface area contributed by atoms with Gasteiger partial charge in [-0.3, -0.25) is 4.79 Å². The van der Waals surface area contributed by atoms with Crippen LogP contribution in [0.2, 0.25) is 0 Å². The van der Waals surface area contributed by atoms with Crippen LogP contribution >= 0.6 is 0 Å². The normalized spacial score (nSPS) is 14.4. The molecule has 0 heterocycles. The van der Waals surface area contributed by atoms with E-state index in [1.54, 1.807) is 0 Å². The molecule has 0 spiro atoms. The fraction of sp³-hybridized carbons (Fsp3) is 0.923. The fourth-order valence-corrected chi connectivity index (χ4v) is 1.72. The maximum atomic E-state index is 11.7. The van der Waals surface area contributed by atoms with Gasteiger partial charge in [-0.15, -0.1) is 0 Å². The van der Waals surface area contributed by atoms with Crippen molar-refractivity contribution in [3.8, 4) is 0 Å². The van der Waals surface area contributed by atoms with E-state index >= 15 is 0 Å². The molecule has 0 saturated carbocycles. The van der Waals surface area contributed by atoms with Gasteiger partial charge in [0.1, 0.15) is 0 Å². The van der Waals surface area contributed by atoms with E-state index < -0.39 is 0 Å². The number of unbranched alkanes of at least 4 members (excludes halogenated alkanes) is 2. The van der Waals surface area contributed by atoms with Gasteiger partial charge in [0.05, 0.1) is 6.04 Å². The molecule has 1 amide bonds. The highest BCUT2D eigenvalue weighted by Gasteiger charge is 2.14. The first-order chi connectivity index (χ1) is 8.11. The molecule has 0 aliphatic carbocycles. The van der Waals surface area contributed by atoms with Gasteiger partial charge >= 0.3 is 0 Å². The van der Waals surface area contributed by atoms with E-state index in [9.17, 15) is 4.79 Å². The summed E-state index contributed by atoms with van der Waals surface area (Å²) in [6.07, 6.45) is 5.05. The fourth-order valence-electron chi connectivity index (χ4n) is 1.72. The molecule has 0 fully saturated rings. The van der Waals surface area contributed by atoms with Gasteiger partial charge in [-0.1, -0.05) is 19.8 Å². The van der Waals surface area contributed by atoms with Gasteiger partial charge in [0.25, 0.3) is 0 Å². The standard InChI is InChI=1S/C13H28N2O2/c1-4-5-6-9-14-13(17)12(3)15-11(2)8-7-10-16/h11-12,15-16H,4-10H2,1-3H3,(H,14,17). The number of nitrogens with one attached hydrogen (secondary N) is 2. The summed E-state index contributed by atoms with van der Waals surface area (Å²) in [7, 11) is 0. The number of carbonyl (C=O) groups is 1. The van der Waals surface area contributed by atoms with Crippen LogP contribution < -0.4 is 10.6 Å². The van der Waals surface area contributed by atoms with Gasteiger partial charge in [0.15, 0.2) is 0 Å². The van der Waals surface area contributed by atoms with Crippen LogP contribution in [0.1, 0.15) is 52.9 Å². The molecule has 0 bridgehead atoms. The molecular formula is C13H28N2O2. The lowest BCUT2D eigenvalue weighted by Crippen LogP contribution is -2.46. The Morgan fingerprint density at radius 1 is 1.24 bits per heavy atom. The molecule has 17 heavy (non-hydrogen) atoms. The second-order valence-electron chi connectivity index (χ2n) is 4.65. The molecule has 2 atom stereocenters. The minimum absolute atomic E-state index is 0.0666. The Morgan fingerprint density at radius 3 is 2.53 bits per heavy atom. The van der Waals surface area contributed by atoms with Gasteiger partial charge in [-0.25, -0.2) is 0 Å². The van der Waals surface area contributed by atoms with Crippen LogP contribution in [0.15, 0.2) is 0 Å². The highest BCUT2D eigenvalue weighted by molar-refractivity contribution is 5.81. The molecule has 0 radical (unpaired) electrons. The van der Waals surface area contributed by atoms with E-state index in [1.165, 1.54) is 6.42 Å². The Balaban J connectivity index is 3.65. The number of aliphatic hydroxyl groups is 1. The summed E-state index contributed by atoms with van der Waals surface area (Å²) in [5, 5.41) is 14.9. The van der Waals surface area contributed by atoms with E-state index in [-0.39, 0.29) is 24.6 Å². The van der Waals surface area contributed by atoms with Gasteiger partial charge in [0.2, 0.25) is 5.91 Å². The van der Waals surface area contributed by atoms with E-state index in [1.807, 2.05) is 13.8 Å². The SMILES string of the molecule is CCCCCNC(=O)C(C)NC(C)CCCO. The van der Waals surface area contributed by atoms with Gasteiger partial charge in [-0.05, 0) is 33.1 Å². The Bertz CT molecular complexity index is 198. The Kier molecular flexibility index (Phi) is 10.2. The number of rotatable bonds is 10. The lowest BCUT2D eigenvalue weighted by Gasteiger charge is -2.19. The third kappa shape index (κ3) is 9.12. The number of amides is 1. The summed E-state index contributed by atoms with van der Waals surface area (Å²) in [4.78, 5) is 11.7. The molecule has 0 aromatic heterocycles. The second kappa shape index (κ2) is 10.5. The van der Waals surface area contributed by atoms with Crippen molar-refractivity contribution in [1.29, 1.82) is 0 Å². The average molecular weight is 244 g/mol. The van der Waals surface area contributed by atoms with Crippen LogP contribution in [0.5, 0.6) is 0 Å². The van der Waals surface area contributed by atoms with E-state index in [2.05, 4.69) is 17.6 Å². The molecule has 4 heteroatoms. The monoisotopic (exact) mass is 244 g/mol. The lowest BCUT2D eigenvalue weighted by atomic mass is 10.1. The first kappa shape index (κ1) is 16.4. The molecule has 0 saturated heterocycles. The Labute approximate surface area is 105 Å². The van der Waals surface area contributed by atoms with Crippen molar-refractivity contribution in [1.82, 2.24) is 10.6 Å². The van der Waals surface area contributed by atoms with Crippen molar-refractivity contribution in [3.05, 3.63) is 0 Å². The quantitative estimate of drug-likeness (QED) is 0.510. The van der Waals surface area contributed by atoms with E-state index in [0.717, 1.165) is 32.2 Å². The average Bonchev–Trinajstić information content (AvgIpc) is 2.31. The van der Waals surface area contributed by atoms with Crippen molar-refractivity contribution in [3.63, 3.8) is 0 Å². The second-order valence-corrected chi connectivity index (χ2v) is 4.65. The van der Waals surface area contributed by atoms with Crippen molar-refractivity contribution >= 4 is 5.91 Å². The first-order valence-electron chi connectivity index (χ1n) is 6.76. The van der Waals surface area contributed by atoms with Crippen LogP contribution in [0.4, 0.5) is 0 Å². The predicted octanol–water partition coefficient (Wildman–Crippen LogP) is 1.43. The minimum atomic E-state index is -0.162. The summed E-state index contributed by atoms with van der Waals surface area (Å²) >= 11 is 0. The molecule has 0 aromatic rings. The first-order valence-corrected chi connectivity index (χ1v) is 6.76. The van der Waals surface area contributed by atoms with Crippen LogP contribution in [0.25, 0.3) is 0 Å². The zero-order valence-electron chi connectivity index (χ0n) is 11.5. The van der Waals surface area contributed by atoms with E-state index in [0.29, 0.717) is 0 Å². The van der Waals surface area contributed by atoms with Gasteiger partial charge in [-0.2, -0.15) is 0 Å².